The summed E-state index contributed by atoms with van der Waals surface area (Å²) in [6, 6.07) is 20.6. The Labute approximate surface area is 198 Å². The Morgan fingerprint density at radius 2 is 1.55 bits per heavy atom. The molecular weight excluding hydrogens is 408 g/mol. The van der Waals surface area contributed by atoms with Crippen LogP contribution in [-0.2, 0) is 21.4 Å². The van der Waals surface area contributed by atoms with E-state index in [0.717, 1.165) is 30.7 Å². The first-order chi connectivity index (χ1) is 16.2. The van der Waals surface area contributed by atoms with Crippen LogP contribution in [0, 0.1) is 5.92 Å². The highest BCUT2D eigenvalue weighted by Gasteiger charge is 2.43. The van der Waals surface area contributed by atoms with Crippen molar-refractivity contribution < 1.29 is 9.59 Å². The largest absolute Gasteiger partial charge is 0.355 e. The summed E-state index contributed by atoms with van der Waals surface area (Å²) in [6.07, 6.45) is 10.2. The summed E-state index contributed by atoms with van der Waals surface area (Å²) in [5.41, 5.74) is 1.83. The number of hydrogen-bond acceptors (Lipinski definition) is 2. The van der Waals surface area contributed by atoms with Gasteiger partial charge in [0.2, 0.25) is 11.8 Å². The molecule has 1 saturated heterocycles. The van der Waals surface area contributed by atoms with Gasteiger partial charge < -0.3 is 10.2 Å². The highest BCUT2D eigenvalue weighted by molar-refractivity contribution is 5.89. The number of nitrogens with zero attached hydrogens (tertiary/aromatic N) is 1. The molecule has 0 radical (unpaired) electrons. The topological polar surface area (TPSA) is 49.4 Å². The van der Waals surface area contributed by atoms with Crippen LogP contribution in [0.3, 0.4) is 0 Å². The van der Waals surface area contributed by atoms with Gasteiger partial charge in [0.15, 0.2) is 0 Å². The van der Waals surface area contributed by atoms with Crippen LogP contribution in [0.1, 0.15) is 68.9 Å². The molecule has 0 atom stereocenters. The van der Waals surface area contributed by atoms with Crippen molar-refractivity contribution in [3.05, 3.63) is 71.8 Å². The van der Waals surface area contributed by atoms with Gasteiger partial charge in [0.05, 0.1) is 5.41 Å². The molecule has 0 aromatic heterocycles. The number of aryl methyl sites for hydroxylation is 1. The molecule has 2 aromatic carbocycles. The maximum Gasteiger partial charge on any atom is 0.230 e. The number of likely N-dealkylation sites (tertiary alicyclic amines) is 1. The summed E-state index contributed by atoms with van der Waals surface area (Å²) in [5, 5.41) is 3.23. The minimum Gasteiger partial charge on any atom is -0.355 e. The zero-order valence-electron chi connectivity index (χ0n) is 19.8. The van der Waals surface area contributed by atoms with Crippen LogP contribution in [0.2, 0.25) is 0 Å². The predicted molar refractivity (Wildman–Crippen MR) is 133 cm³/mol. The molecule has 33 heavy (non-hydrogen) atoms. The van der Waals surface area contributed by atoms with Gasteiger partial charge in [-0.05, 0) is 49.1 Å². The summed E-state index contributed by atoms with van der Waals surface area (Å²) < 4.78 is 0. The van der Waals surface area contributed by atoms with Crippen LogP contribution >= 0.6 is 0 Å². The fourth-order valence-electron chi connectivity index (χ4n) is 5.63. The number of piperidine rings is 1. The summed E-state index contributed by atoms with van der Waals surface area (Å²) in [5.74, 6) is 1.12. The van der Waals surface area contributed by atoms with E-state index in [9.17, 15) is 9.59 Å². The second kappa shape index (κ2) is 11.5. The molecule has 4 nitrogen and oxygen atoms in total. The van der Waals surface area contributed by atoms with Gasteiger partial charge in [-0.2, -0.15) is 0 Å². The Morgan fingerprint density at radius 3 is 2.21 bits per heavy atom. The van der Waals surface area contributed by atoms with Gasteiger partial charge in [-0.1, -0.05) is 86.3 Å². The Hall–Kier alpha value is -2.62. The number of hydrogen-bond donors (Lipinski definition) is 1. The van der Waals surface area contributed by atoms with Crippen LogP contribution in [0.5, 0.6) is 0 Å². The Bertz CT molecular complexity index is 882. The average molecular weight is 447 g/mol. The van der Waals surface area contributed by atoms with E-state index in [0.29, 0.717) is 38.9 Å². The van der Waals surface area contributed by atoms with Crippen LogP contribution in [0.25, 0.3) is 0 Å². The van der Waals surface area contributed by atoms with Gasteiger partial charge in [0, 0.05) is 26.1 Å². The molecular formula is C29H38N2O2. The molecule has 4 rings (SSSR count). The summed E-state index contributed by atoms with van der Waals surface area (Å²) in [4.78, 5) is 28.3. The van der Waals surface area contributed by atoms with E-state index in [1.165, 1.54) is 31.2 Å². The molecule has 1 N–H and O–H groups in total. The van der Waals surface area contributed by atoms with Crippen LogP contribution in [0.15, 0.2) is 60.7 Å². The first-order valence-corrected chi connectivity index (χ1v) is 12.8. The van der Waals surface area contributed by atoms with Crippen molar-refractivity contribution in [1.29, 1.82) is 0 Å². The van der Waals surface area contributed by atoms with E-state index >= 15 is 0 Å². The summed E-state index contributed by atoms with van der Waals surface area (Å²) in [6.45, 7) is 2.00. The predicted octanol–water partition coefficient (Wildman–Crippen LogP) is 5.27. The van der Waals surface area contributed by atoms with Crippen molar-refractivity contribution in [2.24, 2.45) is 5.92 Å². The molecule has 1 heterocycles. The van der Waals surface area contributed by atoms with Crippen LogP contribution in [0.4, 0.5) is 0 Å². The number of rotatable bonds is 9. The molecule has 1 aliphatic heterocycles. The van der Waals surface area contributed by atoms with E-state index in [1.807, 2.05) is 29.2 Å². The van der Waals surface area contributed by atoms with Gasteiger partial charge in [0.25, 0.3) is 0 Å². The average Bonchev–Trinajstić information content (AvgIpc) is 3.40. The van der Waals surface area contributed by atoms with Gasteiger partial charge >= 0.3 is 0 Å². The summed E-state index contributed by atoms with van der Waals surface area (Å²) >= 11 is 0. The van der Waals surface area contributed by atoms with Crippen LogP contribution in [-0.4, -0.2) is 36.3 Å². The second-order valence-electron chi connectivity index (χ2n) is 9.86. The van der Waals surface area contributed by atoms with Crippen molar-refractivity contribution in [2.45, 2.75) is 69.6 Å². The van der Waals surface area contributed by atoms with E-state index in [-0.39, 0.29) is 11.8 Å². The second-order valence-corrected chi connectivity index (χ2v) is 9.86. The van der Waals surface area contributed by atoms with Gasteiger partial charge in [-0.15, -0.1) is 0 Å². The smallest absolute Gasteiger partial charge is 0.230 e. The maximum absolute atomic E-state index is 13.5. The number of carbonyl (C=O) groups excluding carboxylic acids is 2. The van der Waals surface area contributed by atoms with E-state index in [2.05, 4.69) is 41.7 Å². The number of nitrogens with one attached hydrogen (secondary N) is 1. The fourth-order valence-corrected chi connectivity index (χ4v) is 5.63. The molecule has 2 aromatic rings. The minimum atomic E-state index is -0.545. The molecule has 2 amide bonds. The molecule has 1 aliphatic carbocycles. The molecule has 1 saturated carbocycles. The first kappa shape index (κ1) is 23.5. The zero-order chi connectivity index (χ0) is 22.9. The van der Waals surface area contributed by atoms with Crippen molar-refractivity contribution in [3.8, 4) is 0 Å². The highest BCUT2D eigenvalue weighted by atomic mass is 16.2. The Kier molecular flexibility index (Phi) is 8.20. The maximum atomic E-state index is 13.5. The fraction of sp³-hybridized carbons (Fsp3) is 0.517. The third-order valence-corrected chi connectivity index (χ3v) is 7.74. The zero-order valence-corrected chi connectivity index (χ0v) is 19.8. The third kappa shape index (κ3) is 6.04. The highest BCUT2D eigenvalue weighted by Crippen LogP contribution is 2.36. The lowest BCUT2D eigenvalue weighted by Crippen LogP contribution is -2.53. The van der Waals surface area contributed by atoms with Crippen molar-refractivity contribution in [1.82, 2.24) is 10.2 Å². The molecule has 2 fully saturated rings. The minimum absolute atomic E-state index is 0.111. The molecule has 2 aliphatic rings. The van der Waals surface area contributed by atoms with Gasteiger partial charge in [0.1, 0.15) is 0 Å². The SMILES string of the molecule is O=C(CCC1CCCC1)N1CCC(C(=O)NCCCc2ccccc2)(c2ccccc2)CC1. The molecule has 0 bridgehead atoms. The van der Waals surface area contributed by atoms with Gasteiger partial charge in [-0.25, -0.2) is 0 Å². The Morgan fingerprint density at radius 1 is 0.909 bits per heavy atom. The third-order valence-electron chi connectivity index (χ3n) is 7.74. The van der Waals surface area contributed by atoms with Gasteiger partial charge in [-0.3, -0.25) is 9.59 Å². The molecule has 176 valence electrons. The molecule has 4 heteroatoms. The lowest BCUT2D eigenvalue weighted by atomic mass is 9.72. The van der Waals surface area contributed by atoms with Crippen LogP contribution < -0.4 is 5.32 Å². The van der Waals surface area contributed by atoms with E-state index in [4.69, 9.17) is 0 Å². The number of benzene rings is 2. The molecule has 0 unspecified atom stereocenters. The quantitative estimate of drug-likeness (QED) is 0.534. The standard InChI is InChI=1S/C29H38N2O2/c32-27(18-17-25-12-7-8-13-25)31-22-19-29(20-23-31,26-15-5-2-6-16-26)28(33)30-21-9-14-24-10-3-1-4-11-24/h1-6,10-11,15-16,25H,7-9,12-14,17-23H2,(H,30,33). The first-order valence-electron chi connectivity index (χ1n) is 12.8. The number of carbonyl (C=O) groups is 2. The van der Waals surface area contributed by atoms with E-state index in [1.54, 1.807) is 0 Å². The normalized spacial score (nSPS) is 18.2. The summed E-state index contributed by atoms with van der Waals surface area (Å²) in [7, 11) is 0. The lowest BCUT2D eigenvalue weighted by molar-refractivity contribution is -0.137. The van der Waals surface area contributed by atoms with Crippen molar-refractivity contribution >= 4 is 11.8 Å². The van der Waals surface area contributed by atoms with E-state index < -0.39 is 5.41 Å². The van der Waals surface area contributed by atoms with Crippen molar-refractivity contribution in [3.63, 3.8) is 0 Å². The van der Waals surface area contributed by atoms with Crippen molar-refractivity contribution in [2.75, 3.05) is 19.6 Å². The number of amides is 2. The monoisotopic (exact) mass is 446 g/mol. The molecule has 0 spiro atoms. The Balaban J connectivity index is 1.33. The lowest BCUT2D eigenvalue weighted by Gasteiger charge is -2.41.